The fourth-order valence-corrected chi connectivity index (χ4v) is 4.68. The van der Waals surface area contributed by atoms with E-state index >= 15 is 0 Å². The molecule has 0 aliphatic rings. The largest absolute Gasteiger partial charge is 0.385 e. The van der Waals surface area contributed by atoms with Gasteiger partial charge in [0, 0.05) is 31.7 Å². The van der Waals surface area contributed by atoms with Crippen molar-refractivity contribution in [2.24, 2.45) is 0 Å². The number of carbonyl (C=O) groups excluding carboxylic acids is 1. The molecule has 1 amide bonds. The van der Waals surface area contributed by atoms with Gasteiger partial charge in [0.25, 0.3) is 5.56 Å². The molecular weight excluding hydrogens is 406 g/mol. The topological polar surface area (TPSA) is 73.2 Å². The van der Waals surface area contributed by atoms with E-state index in [1.54, 1.807) is 17.8 Å². The van der Waals surface area contributed by atoms with Crippen LogP contribution in [0.3, 0.4) is 0 Å². The van der Waals surface area contributed by atoms with E-state index in [0.717, 1.165) is 16.9 Å². The van der Waals surface area contributed by atoms with Gasteiger partial charge in [-0.25, -0.2) is 4.98 Å². The van der Waals surface area contributed by atoms with Crippen molar-refractivity contribution in [2.45, 2.75) is 18.1 Å². The molecule has 152 valence electrons. The van der Waals surface area contributed by atoms with E-state index in [9.17, 15) is 9.59 Å². The zero-order valence-electron chi connectivity index (χ0n) is 16.2. The predicted octanol–water partition coefficient (Wildman–Crippen LogP) is 3.56. The lowest BCUT2D eigenvalue weighted by atomic mass is 10.2. The van der Waals surface area contributed by atoms with Gasteiger partial charge < -0.3 is 10.1 Å². The van der Waals surface area contributed by atoms with E-state index < -0.39 is 0 Å². The lowest BCUT2D eigenvalue weighted by Gasteiger charge is -2.10. The van der Waals surface area contributed by atoms with E-state index in [0.29, 0.717) is 35.1 Å². The summed E-state index contributed by atoms with van der Waals surface area (Å²) in [5.41, 5.74) is 0.936. The van der Waals surface area contributed by atoms with Crippen molar-refractivity contribution in [3.05, 3.63) is 59.4 Å². The number of aromatic nitrogens is 2. The van der Waals surface area contributed by atoms with Crippen LogP contribution in [0.2, 0.25) is 0 Å². The summed E-state index contributed by atoms with van der Waals surface area (Å²) in [6.07, 6.45) is 2.42. The number of amides is 1. The van der Waals surface area contributed by atoms with E-state index in [1.807, 2.05) is 36.4 Å². The van der Waals surface area contributed by atoms with Crippen LogP contribution in [0.4, 0.5) is 0 Å². The molecule has 0 fully saturated rings. The number of ether oxygens (including phenoxy) is 1. The molecule has 1 N–H and O–H groups in total. The van der Waals surface area contributed by atoms with Gasteiger partial charge in [-0.1, -0.05) is 48.2 Å². The van der Waals surface area contributed by atoms with Gasteiger partial charge in [-0.3, -0.25) is 14.2 Å². The molecule has 6 nitrogen and oxygen atoms in total. The minimum Gasteiger partial charge on any atom is -0.385 e. The molecule has 3 rings (SSSR count). The third kappa shape index (κ3) is 5.35. The average molecular weight is 430 g/mol. The van der Waals surface area contributed by atoms with Crippen molar-refractivity contribution in [1.82, 2.24) is 14.9 Å². The number of thioether (sulfide) groups is 1. The molecular formula is C21H23N3O3S2. The Balaban J connectivity index is 1.84. The molecule has 0 atom stereocenters. The molecule has 0 saturated carbocycles. The van der Waals surface area contributed by atoms with Gasteiger partial charge in [-0.05, 0) is 18.1 Å². The molecule has 2 heterocycles. The number of allylic oxidation sites excluding steroid dienone is 1. The summed E-state index contributed by atoms with van der Waals surface area (Å²) in [4.78, 5) is 31.5. The number of hydrogen-bond acceptors (Lipinski definition) is 6. The number of fused-ring (bicyclic) bond motifs is 1. The number of nitrogens with one attached hydrogen (secondary N) is 1. The fourth-order valence-electron chi connectivity index (χ4n) is 2.77. The van der Waals surface area contributed by atoms with Crippen molar-refractivity contribution in [1.29, 1.82) is 0 Å². The Labute approximate surface area is 177 Å². The van der Waals surface area contributed by atoms with Crippen molar-refractivity contribution < 1.29 is 9.53 Å². The van der Waals surface area contributed by atoms with Gasteiger partial charge >= 0.3 is 0 Å². The second-order valence-electron chi connectivity index (χ2n) is 6.28. The van der Waals surface area contributed by atoms with Gasteiger partial charge in [0.2, 0.25) is 5.91 Å². The Kier molecular flexibility index (Phi) is 7.62. The van der Waals surface area contributed by atoms with Gasteiger partial charge in [-0.2, -0.15) is 0 Å². The zero-order chi connectivity index (χ0) is 20.6. The molecule has 0 aliphatic heterocycles. The fraction of sp³-hybridized carbons (Fsp3) is 0.286. The van der Waals surface area contributed by atoms with Crippen LogP contribution in [-0.2, 0) is 16.1 Å². The Morgan fingerprint density at radius 3 is 2.90 bits per heavy atom. The molecule has 3 aromatic rings. The van der Waals surface area contributed by atoms with Crippen LogP contribution in [-0.4, -0.2) is 41.5 Å². The first-order valence-corrected chi connectivity index (χ1v) is 11.0. The number of carbonyl (C=O) groups is 1. The van der Waals surface area contributed by atoms with Crippen LogP contribution < -0.4 is 10.9 Å². The SMILES string of the molecule is C=CCn1c(SCC(=O)NCCCOC)nc2sc(-c3ccccc3)cc2c1=O. The lowest BCUT2D eigenvalue weighted by molar-refractivity contribution is -0.118. The first kappa shape index (κ1) is 21.3. The van der Waals surface area contributed by atoms with Crippen LogP contribution in [0.1, 0.15) is 6.42 Å². The second-order valence-corrected chi connectivity index (χ2v) is 8.25. The third-order valence-corrected chi connectivity index (χ3v) is 6.22. The van der Waals surface area contributed by atoms with Crippen LogP contribution in [0.5, 0.6) is 0 Å². The summed E-state index contributed by atoms with van der Waals surface area (Å²) >= 11 is 2.74. The van der Waals surface area contributed by atoms with E-state index in [-0.39, 0.29) is 17.2 Å². The number of rotatable bonds is 10. The Morgan fingerprint density at radius 1 is 1.38 bits per heavy atom. The van der Waals surface area contributed by atoms with Gasteiger partial charge in [0.05, 0.1) is 11.1 Å². The van der Waals surface area contributed by atoms with E-state index in [4.69, 9.17) is 4.74 Å². The van der Waals surface area contributed by atoms with Crippen LogP contribution >= 0.6 is 23.1 Å². The average Bonchev–Trinajstić information content (AvgIpc) is 3.17. The normalized spacial score (nSPS) is 10.9. The maximum atomic E-state index is 13.0. The lowest BCUT2D eigenvalue weighted by Crippen LogP contribution is -2.28. The molecule has 0 unspecified atom stereocenters. The standard InChI is InChI=1S/C21H23N3O3S2/c1-3-11-24-20(26)16-13-17(15-8-5-4-6-9-15)29-19(16)23-21(24)28-14-18(25)22-10-7-12-27-2/h3-6,8-9,13H,1,7,10-12,14H2,2H3,(H,22,25). The highest BCUT2D eigenvalue weighted by Crippen LogP contribution is 2.32. The summed E-state index contributed by atoms with van der Waals surface area (Å²) in [6.45, 7) is 5.25. The smallest absolute Gasteiger partial charge is 0.263 e. The van der Waals surface area contributed by atoms with Crippen LogP contribution in [0.15, 0.2) is 59.0 Å². The van der Waals surface area contributed by atoms with E-state index in [1.165, 1.54) is 23.1 Å². The molecule has 0 spiro atoms. The summed E-state index contributed by atoms with van der Waals surface area (Å²) in [5.74, 6) is 0.0978. The number of thiophene rings is 1. The highest BCUT2D eigenvalue weighted by Gasteiger charge is 2.15. The number of hydrogen-bond donors (Lipinski definition) is 1. The number of benzene rings is 1. The van der Waals surface area contributed by atoms with Gasteiger partial charge in [0.15, 0.2) is 5.16 Å². The van der Waals surface area contributed by atoms with Crippen molar-refractivity contribution in [3.63, 3.8) is 0 Å². The maximum Gasteiger partial charge on any atom is 0.263 e. The molecule has 0 radical (unpaired) electrons. The molecule has 0 aliphatic carbocycles. The minimum atomic E-state index is -0.115. The van der Waals surface area contributed by atoms with Crippen molar-refractivity contribution in [2.75, 3.05) is 26.0 Å². The Morgan fingerprint density at radius 2 is 2.17 bits per heavy atom. The highest BCUT2D eigenvalue weighted by atomic mass is 32.2. The second kappa shape index (κ2) is 10.4. The molecule has 8 heteroatoms. The van der Waals surface area contributed by atoms with Crippen LogP contribution in [0, 0.1) is 0 Å². The summed E-state index contributed by atoms with van der Waals surface area (Å²) in [5, 5.41) is 3.96. The maximum absolute atomic E-state index is 13.0. The third-order valence-electron chi connectivity index (χ3n) is 4.17. The molecule has 29 heavy (non-hydrogen) atoms. The number of nitrogens with zero attached hydrogens (tertiary/aromatic N) is 2. The molecule has 0 bridgehead atoms. The zero-order valence-corrected chi connectivity index (χ0v) is 17.9. The molecule has 1 aromatic carbocycles. The van der Waals surface area contributed by atoms with Crippen molar-refractivity contribution in [3.8, 4) is 10.4 Å². The molecule has 2 aromatic heterocycles. The predicted molar refractivity (Wildman–Crippen MR) is 120 cm³/mol. The minimum absolute atomic E-state index is 0.0956. The van der Waals surface area contributed by atoms with Crippen LogP contribution in [0.25, 0.3) is 20.7 Å². The monoisotopic (exact) mass is 429 g/mol. The Bertz CT molecular complexity index is 1040. The van der Waals surface area contributed by atoms with Gasteiger partial charge in [0.1, 0.15) is 4.83 Å². The number of methoxy groups -OCH3 is 1. The first-order valence-electron chi connectivity index (χ1n) is 9.23. The van der Waals surface area contributed by atoms with Gasteiger partial charge in [-0.15, -0.1) is 17.9 Å². The quantitative estimate of drug-likeness (QED) is 0.231. The van der Waals surface area contributed by atoms with Crippen molar-refractivity contribution >= 4 is 39.2 Å². The summed E-state index contributed by atoms with van der Waals surface area (Å²) in [7, 11) is 1.63. The summed E-state index contributed by atoms with van der Waals surface area (Å²) in [6, 6.07) is 11.8. The highest BCUT2D eigenvalue weighted by molar-refractivity contribution is 7.99. The first-order chi connectivity index (χ1) is 14.1. The Hall–Kier alpha value is -2.42. The van der Waals surface area contributed by atoms with E-state index in [2.05, 4.69) is 16.9 Å². The molecule has 0 saturated heterocycles. The summed E-state index contributed by atoms with van der Waals surface area (Å²) < 4.78 is 6.54.